The highest BCUT2D eigenvalue weighted by molar-refractivity contribution is 6.30. The molecule has 2 rings (SSSR count). The standard InChI is InChI=1S/C11H5ClFN3O/c12-9-3-8(1-2-10(9)13)17-11-6-15-7(4-14)5-16-11/h1-3,5-6H. The van der Waals surface area contributed by atoms with E-state index in [0.29, 0.717) is 5.75 Å². The van der Waals surface area contributed by atoms with E-state index in [9.17, 15) is 4.39 Å². The van der Waals surface area contributed by atoms with Crippen LogP contribution in [0.3, 0.4) is 0 Å². The Morgan fingerprint density at radius 2 is 2.12 bits per heavy atom. The van der Waals surface area contributed by atoms with Crippen LogP contribution < -0.4 is 4.74 Å². The Kier molecular flexibility index (Phi) is 3.17. The van der Waals surface area contributed by atoms with Crippen LogP contribution in [0.2, 0.25) is 5.02 Å². The zero-order valence-electron chi connectivity index (χ0n) is 8.39. The van der Waals surface area contributed by atoms with Gasteiger partial charge in [0.2, 0.25) is 5.88 Å². The van der Waals surface area contributed by atoms with Crippen LogP contribution in [0.5, 0.6) is 11.6 Å². The molecule has 0 atom stereocenters. The van der Waals surface area contributed by atoms with E-state index in [1.807, 2.05) is 6.07 Å². The van der Waals surface area contributed by atoms with Crippen molar-refractivity contribution in [1.82, 2.24) is 9.97 Å². The SMILES string of the molecule is N#Cc1cnc(Oc2ccc(F)c(Cl)c2)cn1. The summed E-state index contributed by atoms with van der Waals surface area (Å²) < 4.78 is 18.2. The van der Waals surface area contributed by atoms with E-state index in [-0.39, 0.29) is 16.6 Å². The summed E-state index contributed by atoms with van der Waals surface area (Å²) in [4.78, 5) is 7.63. The van der Waals surface area contributed by atoms with Crippen molar-refractivity contribution in [3.63, 3.8) is 0 Å². The first-order chi connectivity index (χ1) is 8.19. The molecule has 0 amide bonds. The van der Waals surface area contributed by atoms with Crippen LogP contribution in [-0.2, 0) is 0 Å². The second kappa shape index (κ2) is 4.76. The third-order valence-corrected chi connectivity index (χ3v) is 2.15. The quantitative estimate of drug-likeness (QED) is 0.821. The first-order valence-corrected chi connectivity index (χ1v) is 4.92. The van der Waals surface area contributed by atoms with Gasteiger partial charge in [-0.05, 0) is 12.1 Å². The fourth-order valence-electron chi connectivity index (χ4n) is 1.09. The molecule has 0 saturated heterocycles. The number of ether oxygens (including phenoxy) is 1. The van der Waals surface area contributed by atoms with Gasteiger partial charge in [0.15, 0.2) is 5.69 Å². The van der Waals surface area contributed by atoms with Crippen LogP contribution in [0.15, 0.2) is 30.6 Å². The summed E-state index contributed by atoms with van der Waals surface area (Å²) in [5.74, 6) is 0.0204. The van der Waals surface area contributed by atoms with E-state index in [0.717, 1.165) is 0 Å². The monoisotopic (exact) mass is 249 g/mol. The molecule has 0 aliphatic heterocycles. The minimum atomic E-state index is -0.523. The molecule has 1 aromatic carbocycles. The molecule has 1 aromatic heterocycles. The van der Waals surface area contributed by atoms with Gasteiger partial charge in [0, 0.05) is 6.07 Å². The molecule has 17 heavy (non-hydrogen) atoms. The van der Waals surface area contributed by atoms with Crippen LogP contribution in [0.25, 0.3) is 0 Å². The lowest BCUT2D eigenvalue weighted by Gasteiger charge is -2.04. The van der Waals surface area contributed by atoms with E-state index in [1.54, 1.807) is 0 Å². The molecule has 0 saturated carbocycles. The summed E-state index contributed by atoms with van der Waals surface area (Å²) in [5, 5.41) is 8.49. The van der Waals surface area contributed by atoms with E-state index >= 15 is 0 Å². The highest BCUT2D eigenvalue weighted by Crippen LogP contribution is 2.24. The third-order valence-electron chi connectivity index (χ3n) is 1.86. The molecule has 0 N–H and O–H groups in total. The lowest BCUT2D eigenvalue weighted by molar-refractivity contribution is 0.458. The largest absolute Gasteiger partial charge is 0.437 e. The zero-order valence-corrected chi connectivity index (χ0v) is 9.15. The number of benzene rings is 1. The minimum Gasteiger partial charge on any atom is -0.437 e. The van der Waals surface area contributed by atoms with E-state index < -0.39 is 5.82 Å². The predicted molar refractivity (Wildman–Crippen MR) is 58.2 cm³/mol. The Morgan fingerprint density at radius 1 is 1.29 bits per heavy atom. The van der Waals surface area contributed by atoms with Gasteiger partial charge in [-0.15, -0.1) is 0 Å². The maximum absolute atomic E-state index is 12.9. The van der Waals surface area contributed by atoms with Crippen LogP contribution in [-0.4, -0.2) is 9.97 Å². The third kappa shape index (κ3) is 2.68. The molecule has 2 aromatic rings. The maximum Gasteiger partial charge on any atom is 0.237 e. The summed E-state index contributed by atoms with van der Waals surface area (Å²) in [7, 11) is 0. The smallest absolute Gasteiger partial charge is 0.237 e. The second-order valence-corrected chi connectivity index (χ2v) is 3.44. The molecule has 84 valence electrons. The lowest BCUT2D eigenvalue weighted by Crippen LogP contribution is -1.91. The van der Waals surface area contributed by atoms with Crippen LogP contribution in [0.4, 0.5) is 4.39 Å². The van der Waals surface area contributed by atoms with Crippen molar-refractivity contribution in [2.45, 2.75) is 0 Å². The number of nitrogens with zero attached hydrogens (tertiary/aromatic N) is 3. The summed E-state index contributed by atoms with van der Waals surface area (Å²) in [5.41, 5.74) is 0.189. The average molecular weight is 250 g/mol. The molecule has 1 heterocycles. The van der Waals surface area contributed by atoms with Crippen molar-refractivity contribution < 1.29 is 9.13 Å². The van der Waals surface area contributed by atoms with Crippen LogP contribution >= 0.6 is 11.6 Å². The normalized spacial score (nSPS) is 9.71. The molecule has 0 spiro atoms. The van der Waals surface area contributed by atoms with Crippen molar-refractivity contribution in [2.24, 2.45) is 0 Å². The van der Waals surface area contributed by atoms with Crippen molar-refractivity contribution >= 4 is 11.6 Å². The first-order valence-electron chi connectivity index (χ1n) is 4.54. The maximum atomic E-state index is 12.9. The second-order valence-electron chi connectivity index (χ2n) is 3.03. The van der Waals surface area contributed by atoms with E-state index in [2.05, 4.69) is 9.97 Å². The Hall–Kier alpha value is -2.19. The highest BCUT2D eigenvalue weighted by Gasteiger charge is 2.04. The predicted octanol–water partition coefficient (Wildman–Crippen LogP) is 2.93. The van der Waals surface area contributed by atoms with Crippen molar-refractivity contribution in [2.75, 3.05) is 0 Å². The fraction of sp³-hybridized carbons (Fsp3) is 0. The van der Waals surface area contributed by atoms with Crippen molar-refractivity contribution in [3.05, 3.63) is 47.1 Å². The molecule has 0 aliphatic rings. The van der Waals surface area contributed by atoms with Gasteiger partial charge < -0.3 is 4.74 Å². The highest BCUT2D eigenvalue weighted by atomic mass is 35.5. The van der Waals surface area contributed by atoms with E-state index in [1.165, 1.54) is 30.6 Å². The number of rotatable bonds is 2. The van der Waals surface area contributed by atoms with Gasteiger partial charge in [-0.2, -0.15) is 5.26 Å². The van der Waals surface area contributed by atoms with Gasteiger partial charge in [-0.3, -0.25) is 0 Å². The molecule has 4 nitrogen and oxygen atoms in total. The van der Waals surface area contributed by atoms with Gasteiger partial charge in [0.1, 0.15) is 17.6 Å². The number of aromatic nitrogens is 2. The van der Waals surface area contributed by atoms with Gasteiger partial charge >= 0.3 is 0 Å². The Morgan fingerprint density at radius 3 is 2.71 bits per heavy atom. The van der Waals surface area contributed by atoms with Crippen molar-refractivity contribution in [1.29, 1.82) is 5.26 Å². The minimum absolute atomic E-state index is 0.0379. The van der Waals surface area contributed by atoms with Gasteiger partial charge in [0.25, 0.3) is 0 Å². The first kappa shape index (κ1) is 11.3. The summed E-state index contributed by atoms with van der Waals surface area (Å²) in [6.45, 7) is 0. The van der Waals surface area contributed by atoms with Gasteiger partial charge in [0.05, 0.1) is 17.4 Å². The molecule has 0 bridgehead atoms. The molecular weight excluding hydrogens is 245 g/mol. The topological polar surface area (TPSA) is 58.8 Å². The van der Waals surface area contributed by atoms with Gasteiger partial charge in [-0.25, -0.2) is 14.4 Å². The molecule has 0 unspecified atom stereocenters. The zero-order chi connectivity index (χ0) is 12.3. The summed E-state index contributed by atoms with van der Waals surface area (Å²) in [6.07, 6.45) is 2.58. The number of hydrogen-bond donors (Lipinski definition) is 0. The summed E-state index contributed by atoms with van der Waals surface area (Å²) >= 11 is 5.59. The Labute approximate surface area is 101 Å². The van der Waals surface area contributed by atoms with Gasteiger partial charge in [-0.1, -0.05) is 11.6 Å². The fourth-order valence-corrected chi connectivity index (χ4v) is 1.26. The molecule has 0 fully saturated rings. The summed E-state index contributed by atoms with van der Waals surface area (Å²) in [6, 6.07) is 5.77. The van der Waals surface area contributed by atoms with Crippen LogP contribution in [0, 0.1) is 17.1 Å². The van der Waals surface area contributed by atoms with Crippen molar-refractivity contribution in [3.8, 4) is 17.7 Å². The van der Waals surface area contributed by atoms with Crippen LogP contribution in [0.1, 0.15) is 5.69 Å². The number of nitriles is 1. The lowest BCUT2D eigenvalue weighted by atomic mass is 10.3. The molecule has 6 heteroatoms. The molecule has 0 radical (unpaired) electrons. The number of halogens is 2. The average Bonchev–Trinajstić information content (AvgIpc) is 2.35. The number of hydrogen-bond acceptors (Lipinski definition) is 4. The van der Waals surface area contributed by atoms with E-state index in [4.69, 9.17) is 21.6 Å². The Balaban J connectivity index is 2.20. The Bertz CT molecular complexity index is 580. The molecule has 0 aliphatic carbocycles. The molecular formula is C11H5ClFN3O.